The number of aromatic hydroxyl groups is 1. The van der Waals surface area contributed by atoms with Gasteiger partial charge in [0.2, 0.25) is 0 Å². The number of hydrogen-bond acceptors (Lipinski definition) is 4. The smallest absolute Gasteiger partial charge is 0.349 e. The van der Waals surface area contributed by atoms with Gasteiger partial charge in [0.15, 0.2) is 0 Å². The van der Waals surface area contributed by atoms with Crippen LogP contribution in [0.2, 0.25) is 0 Å². The van der Waals surface area contributed by atoms with Gasteiger partial charge in [-0.15, -0.1) is 0 Å². The maximum absolute atomic E-state index is 11.7. The summed E-state index contributed by atoms with van der Waals surface area (Å²) in [6, 6.07) is 6.04. The van der Waals surface area contributed by atoms with Crippen molar-refractivity contribution in [3.05, 3.63) is 29.8 Å². The lowest BCUT2D eigenvalue weighted by Crippen LogP contribution is -2.13. The standard InChI is InChI=1S/C15H18O4/c16-13-8-4-3-7-12(13)15(18)19-14(17)10-9-11-5-1-2-6-11/h3-4,7-8,11,16H,1-2,5-6,9-10H2. The predicted molar refractivity (Wildman–Crippen MR) is 69.7 cm³/mol. The van der Waals surface area contributed by atoms with Crippen molar-refractivity contribution >= 4 is 11.9 Å². The first-order valence-corrected chi connectivity index (χ1v) is 6.70. The fourth-order valence-corrected chi connectivity index (χ4v) is 2.48. The zero-order valence-corrected chi connectivity index (χ0v) is 10.8. The number of hydrogen-bond donors (Lipinski definition) is 1. The molecule has 19 heavy (non-hydrogen) atoms. The van der Waals surface area contributed by atoms with Crippen molar-refractivity contribution in [1.82, 2.24) is 0 Å². The second kappa shape index (κ2) is 6.36. The first-order valence-electron chi connectivity index (χ1n) is 6.70. The van der Waals surface area contributed by atoms with Gasteiger partial charge in [-0.2, -0.15) is 0 Å². The molecule has 0 radical (unpaired) electrons. The molecule has 1 saturated carbocycles. The van der Waals surface area contributed by atoms with E-state index in [2.05, 4.69) is 0 Å². The van der Waals surface area contributed by atoms with Crippen molar-refractivity contribution in [2.45, 2.75) is 38.5 Å². The highest BCUT2D eigenvalue weighted by Crippen LogP contribution is 2.28. The van der Waals surface area contributed by atoms with Gasteiger partial charge in [-0.25, -0.2) is 4.79 Å². The largest absolute Gasteiger partial charge is 0.507 e. The summed E-state index contributed by atoms with van der Waals surface area (Å²) in [6.45, 7) is 0. The van der Waals surface area contributed by atoms with Gasteiger partial charge in [0.25, 0.3) is 0 Å². The Balaban J connectivity index is 1.81. The van der Waals surface area contributed by atoms with E-state index in [1.165, 1.54) is 37.8 Å². The highest BCUT2D eigenvalue weighted by molar-refractivity contribution is 5.98. The van der Waals surface area contributed by atoms with E-state index in [4.69, 9.17) is 4.74 Å². The molecule has 0 spiro atoms. The predicted octanol–water partition coefficient (Wildman–Crippen LogP) is 3.05. The lowest BCUT2D eigenvalue weighted by molar-refractivity contribution is -0.138. The van der Waals surface area contributed by atoms with Crippen molar-refractivity contribution in [1.29, 1.82) is 0 Å². The van der Waals surface area contributed by atoms with E-state index in [1.807, 2.05) is 0 Å². The van der Waals surface area contributed by atoms with E-state index < -0.39 is 11.9 Å². The van der Waals surface area contributed by atoms with Gasteiger partial charge >= 0.3 is 11.9 Å². The molecule has 4 nitrogen and oxygen atoms in total. The first kappa shape index (κ1) is 13.6. The molecule has 0 atom stereocenters. The van der Waals surface area contributed by atoms with Crippen molar-refractivity contribution in [2.75, 3.05) is 0 Å². The highest BCUT2D eigenvalue weighted by Gasteiger charge is 2.19. The minimum absolute atomic E-state index is 0.0247. The Labute approximate surface area is 112 Å². The molecule has 0 unspecified atom stereocenters. The monoisotopic (exact) mass is 262 g/mol. The van der Waals surface area contributed by atoms with E-state index in [1.54, 1.807) is 12.1 Å². The van der Waals surface area contributed by atoms with Crippen LogP contribution in [-0.4, -0.2) is 17.0 Å². The molecule has 102 valence electrons. The average Bonchev–Trinajstić information content (AvgIpc) is 2.90. The lowest BCUT2D eigenvalue weighted by Gasteiger charge is -2.08. The zero-order valence-electron chi connectivity index (χ0n) is 10.8. The van der Waals surface area contributed by atoms with Crippen LogP contribution in [-0.2, 0) is 9.53 Å². The Bertz CT molecular complexity index is 461. The molecule has 0 saturated heterocycles. The molecule has 1 fully saturated rings. The third-order valence-corrected chi connectivity index (χ3v) is 3.56. The number of carbonyl (C=O) groups is 2. The molecule has 0 heterocycles. The molecule has 0 bridgehead atoms. The van der Waals surface area contributed by atoms with Gasteiger partial charge in [0, 0.05) is 6.42 Å². The first-order chi connectivity index (χ1) is 9.16. The number of ether oxygens (including phenoxy) is 1. The lowest BCUT2D eigenvalue weighted by atomic mass is 10.0. The highest BCUT2D eigenvalue weighted by atomic mass is 16.6. The van der Waals surface area contributed by atoms with Gasteiger partial charge in [0.1, 0.15) is 11.3 Å². The third kappa shape index (κ3) is 3.81. The summed E-state index contributed by atoms with van der Waals surface area (Å²) in [5, 5.41) is 9.48. The Morgan fingerprint density at radius 2 is 1.89 bits per heavy atom. The van der Waals surface area contributed by atoms with E-state index in [0.717, 1.165) is 6.42 Å². The maximum atomic E-state index is 11.7. The Morgan fingerprint density at radius 1 is 1.21 bits per heavy atom. The number of esters is 2. The zero-order chi connectivity index (χ0) is 13.7. The maximum Gasteiger partial charge on any atom is 0.349 e. The summed E-state index contributed by atoms with van der Waals surface area (Å²) in [6.07, 6.45) is 5.85. The van der Waals surface area contributed by atoms with Crippen LogP contribution in [0.15, 0.2) is 24.3 Å². The molecule has 0 aliphatic heterocycles. The fourth-order valence-electron chi connectivity index (χ4n) is 2.48. The summed E-state index contributed by atoms with van der Waals surface area (Å²) in [4.78, 5) is 23.2. The average molecular weight is 262 g/mol. The molecule has 1 N–H and O–H groups in total. The fraction of sp³-hybridized carbons (Fsp3) is 0.467. The third-order valence-electron chi connectivity index (χ3n) is 3.56. The van der Waals surface area contributed by atoms with Crippen LogP contribution < -0.4 is 0 Å². The van der Waals surface area contributed by atoms with Crippen molar-refractivity contribution < 1.29 is 19.4 Å². The molecule has 0 amide bonds. The summed E-state index contributed by atoms with van der Waals surface area (Å²) in [5.74, 6) is -0.876. The number of phenolic OH excluding ortho intramolecular Hbond substituents is 1. The summed E-state index contributed by atoms with van der Waals surface area (Å²) in [7, 11) is 0. The van der Waals surface area contributed by atoms with Crippen LogP contribution in [0, 0.1) is 5.92 Å². The molecule has 4 heteroatoms. The van der Waals surface area contributed by atoms with Crippen molar-refractivity contribution in [3.63, 3.8) is 0 Å². The Morgan fingerprint density at radius 3 is 2.58 bits per heavy atom. The number of benzene rings is 1. The van der Waals surface area contributed by atoms with E-state index >= 15 is 0 Å². The van der Waals surface area contributed by atoms with E-state index in [9.17, 15) is 14.7 Å². The summed E-state index contributed by atoms with van der Waals surface area (Å²) < 4.78 is 4.74. The quantitative estimate of drug-likeness (QED) is 0.669. The van der Waals surface area contributed by atoms with Gasteiger partial charge in [-0.05, 0) is 24.5 Å². The molecule has 0 aromatic heterocycles. The SMILES string of the molecule is O=C(CCC1CCCC1)OC(=O)c1ccccc1O. The normalized spacial score (nSPS) is 15.4. The topological polar surface area (TPSA) is 63.6 Å². The van der Waals surface area contributed by atoms with E-state index in [0.29, 0.717) is 5.92 Å². The van der Waals surface area contributed by atoms with Crippen LogP contribution >= 0.6 is 0 Å². The molecule has 1 aromatic rings. The minimum Gasteiger partial charge on any atom is -0.507 e. The Hall–Kier alpha value is -1.84. The van der Waals surface area contributed by atoms with Crippen LogP contribution in [0.3, 0.4) is 0 Å². The van der Waals surface area contributed by atoms with Gasteiger partial charge < -0.3 is 9.84 Å². The van der Waals surface area contributed by atoms with Crippen LogP contribution in [0.4, 0.5) is 0 Å². The number of carbonyl (C=O) groups excluding carboxylic acids is 2. The summed E-state index contributed by atoms with van der Waals surface area (Å²) in [5.41, 5.74) is 0.0247. The molecular formula is C15H18O4. The van der Waals surface area contributed by atoms with E-state index in [-0.39, 0.29) is 17.7 Å². The van der Waals surface area contributed by atoms with Gasteiger partial charge in [-0.3, -0.25) is 4.79 Å². The molecule has 2 rings (SSSR count). The number of para-hydroxylation sites is 1. The van der Waals surface area contributed by atoms with Gasteiger partial charge in [0.05, 0.1) is 0 Å². The number of phenols is 1. The molecule has 1 aliphatic carbocycles. The van der Waals surface area contributed by atoms with Crippen molar-refractivity contribution in [2.24, 2.45) is 5.92 Å². The minimum atomic E-state index is -0.783. The van der Waals surface area contributed by atoms with Crippen LogP contribution in [0.25, 0.3) is 0 Å². The molecule has 1 aromatic carbocycles. The van der Waals surface area contributed by atoms with Crippen LogP contribution in [0.1, 0.15) is 48.9 Å². The van der Waals surface area contributed by atoms with Crippen LogP contribution in [0.5, 0.6) is 5.75 Å². The van der Waals surface area contributed by atoms with Crippen molar-refractivity contribution in [3.8, 4) is 5.75 Å². The molecule has 1 aliphatic rings. The Kier molecular flexibility index (Phi) is 4.55. The second-order valence-electron chi connectivity index (χ2n) is 4.97. The second-order valence-corrected chi connectivity index (χ2v) is 4.97. The summed E-state index contributed by atoms with van der Waals surface area (Å²) >= 11 is 0. The molecular weight excluding hydrogens is 244 g/mol. The van der Waals surface area contributed by atoms with Gasteiger partial charge in [-0.1, -0.05) is 37.8 Å². The number of rotatable bonds is 4.